The minimum atomic E-state index is -0.0654. The minimum Gasteiger partial charge on any atom is -0.392 e. The van der Waals surface area contributed by atoms with Gasteiger partial charge in [-0.05, 0) is 25.7 Å². The van der Waals surface area contributed by atoms with Gasteiger partial charge < -0.3 is 10.4 Å². The van der Waals surface area contributed by atoms with E-state index in [0.717, 1.165) is 12.5 Å². The fraction of sp³-hybridized carbons (Fsp3) is 1.00. The maximum absolute atomic E-state index is 9.58. The summed E-state index contributed by atoms with van der Waals surface area (Å²) in [5.74, 6) is 0. The third kappa shape index (κ3) is 1.94. The van der Waals surface area contributed by atoms with Crippen molar-refractivity contribution < 1.29 is 5.11 Å². The molecule has 0 aliphatic heterocycles. The smallest absolute Gasteiger partial charge is 0.0693 e. The van der Waals surface area contributed by atoms with Crippen molar-refractivity contribution in [3.8, 4) is 0 Å². The zero-order valence-corrected chi connectivity index (χ0v) is 6.92. The highest BCUT2D eigenvalue weighted by atomic mass is 16.3. The topological polar surface area (TPSA) is 32.3 Å². The van der Waals surface area contributed by atoms with Gasteiger partial charge in [0.15, 0.2) is 0 Å². The molecule has 2 aliphatic carbocycles. The highest BCUT2D eigenvalue weighted by molar-refractivity contribution is 4.89. The van der Waals surface area contributed by atoms with Crippen LogP contribution < -0.4 is 5.32 Å². The second-order valence-electron chi connectivity index (χ2n) is 3.90. The van der Waals surface area contributed by atoms with E-state index in [0.29, 0.717) is 6.04 Å². The summed E-state index contributed by atoms with van der Waals surface area (Å²) in [6.07, 6.45) is 7.27. The fourth-order valence-electron chi connectivity index (χ4n) is 1.86. The first kappa shape index (κ1) is 7.56. The van der Waals surface area contributed by atoms with Crippen molar-refractivity contribution in [2.24, 2.45) is 0 Å². The summed E-state index contributed by atoms with van der Waals surface area (Å²) in [6, 6.07) is 1.16. The number of hydrogen-bond acceptors (Lipinski definition) is 2. The molecule has 64 valence electrons. The largest absolute Gasteiger partial charge is 0.392 e. The summed E-state index contributed by atoms with van der Waals surface area (Å²) < 4.78 is 0. The Balaban J connectivity index is 1.78. The van der Waals surface area contributed by atoms with Crippen LogP contribution in [0.3, 0.4) is 0 Å². The van der Waals surface area contributed by atoms with E-state index in [-0.39, 0.29) is 6.10 Å². The lowest BCUT2D eigenvalue weighted by atomic mass is 9.92. The third-order valence-electron chi connectivity index (χ3n) is 2.76. The molecule has 0 saturated heterocycles. The van der Waals surface area contributed by atoms with E-state index in [1.54, 1.807) is 0 Å². The van der Waals surface area contributed by atoms with Gasteiger partial charge in [-0.2, -0.15) is 0 Å². The predicted molar refractivity (Wildman–Crippen MR) is 44.4 cm³/mol. The van der Waals surface area contributed by atoms with Crippen molar-refractivity contribution in [3.63, 3.8) is 0 Å². The van der Waals surface area contributed by atoms with E-state index in [9.17, 15) is 5.11 Å². The van der Waals surface area contributed by atoms with Crippen molar-refractivity contribution in [1.82, 2.24) is 5.32 Å². The molecule has 0 aromatic carbocycles. The summed E-state index contributed by atoms with van der Waals surface area (Å²) in [7, 11) is 0. The van der Waals surface area contributed by atoms with Gasteiger partial charge in [0.1, 0.15) is 0 Å². The molecule has 2 fully saturated rings. The molecular weight excluding hydrogens is 138 g/mol. The summed E-state index contributed by atoms with van der Waals surface area (Å²) >= 11 is 0. The molecule has 0 heterocycles. The van der Waals surface area contributed by atoms with Crippen molar-refractivity contribution in [2.75, 3.05) is 0 Å². The van der Waals surface area contributed by atoms with Gasteiger partial charge in [0.25, 0.3) is 0 Å². The van der Waals surface area contributed by atoms with Gasteiger partial charge >= 0.3 is 0 Å². The average Bonchev–Trinajstić information content (AvgIpc) is 2.78. The van der Waals surface area contributed by atoms with Crippen LogP contribution in [0.15, 0.2) is 0 Å². The first-order chi connectivity index (χ1) is 5.36. The molecule has 0 amide bonds. The molecule has 0 aromatic rings. The number of hydrogen-bond donors (Lipinski definition) is 2. The van der Waals surface area contributed by atoms with Crippen LogP contribution in [0.25, 0.3) is 0 Å². The molecule has 2 N–H and O–H groups in total. The molecule has 2 aliphatic rings. The number of rotatable bonds is 2. The van der Waals surface area contributed by atoms with E-state index in [1.807, 2.05) is 0 Å². The number of aliphatic hydroxyl groups is 1. The SMILES string of the molecule is O[C@H]1CCCC[C@@H]1NC1CC1. The molecular formula is C9H17NO. The Morgan fingerprint density at radius 2 is 1.73 bits per heavy atom. The summed E-state index contributed by atoms with van der Waals surface area (Å²) in [5, 5.41) is 13.1. The summed E-state index contributed by atoms with van der Waals surface area (Å²) in [4.78, 5) is 0. The van der Waals surface area contributed by atoms with Gasteiger partial charge in [-0.3, -0.25) is 0 Å². The first-order valence-electron chi connectivity index (χ1n) is 4.80. The van der Waals surface area contributed by atoms with Gasteiger partial charge in [-0.15, -0.1) is 0 Å². The van der Waals surface area contributed by atoms with E-state index < -0.39 is 0 Å². The van der Waals surface area contributed by atoms with E-state index in [1.165, 1.54) is 32.1 Å². The average molecular weight is 155 g/mol. The third-order valence-corrected chi connectivity index (χ3v) is 2.76. The molecule has 0 bridgehead atoms. The highest BCUT2D eigenvalue weighted by Gasteiger charge is 2.29. The molecule has 0 aromatic heterocycles. The van der Waals surface area contributed by atoms with Crippen molar-refractivity contribution in [2.45, 2.75) is 56.7 Å². The monoisotopic (exact) mass is 155 g/mol. The Morgan fingerprint density at radius 3 is 2.36 bits per heavy atom. The molecule has 0 radical (unpaired) electrons. The molecule has 2 rings (SSSR count). The molecule has 0 spiro atoms. The zero-order valence-electron chi connectivity index (χ0n) is 6.92. The quantitative estimate of drug-likeness (QED) is 0.624. The molecule has 2 nitrogen and oxygen atoms in total. The second-order valence-corrected chi connectivity index (χ2v) is 3.90. The number of nitrogens with one attached hydrogen (secondary N) is 1. The van der Waals surface area contributed by atoms with Gasteiger partial charge in [0.05, 0.1) is 6.10 Å². The molecule has 2 saturated carbocycles. The lowest BCUT2D eigenvalue weighted by molar-refractivity contribution is 0.0901. The Kier molecular flexibility index (Phi) is 2.14. The van der Waals surface area contributed by atoms with E-state index >= 15 is 0 Å². The standard InChI is InChI=1S/C9H17NO/c11-9-4-2-1-3-8(9)10-7-5-6-7/h7-11H,1-6H2/t8-,9-/m0/s1. The zero-order chi connectivity index (χ0) is 7.68. The van der Waals surface area contributed by atoms with Crippen LogP contribution in [0.4, 0.5) is 0 Å². The number of aliphatic hydroxyl groups excluding tert-OH is 1. The second kappa shape index (κ2) is 3.11. The summed E-state index contributed by atoms with van der Waals surface area (Å²) in [6.45, 7) is 0. The fourth-order valence-corrected chi connectivity index (χ4v) is 1.86. The Morgan fingerprint density at radius 1 is 1.00 bits per heavy atom. The Hall–Kier alpha value is -0.0800. The first-order valence-corrected chi connectivity index (χ1v) is 4.80. The maximum atomic E-state index is 9.58. The van der Waals surface area contributed by atoms with Crippen LogP contribution in [0.2, 0.25) is 0 Å². The van der Waals surface area contributed by atoms with Crippen LogP contribution in [-0.4, -0.2) is 23.3 Å². The Labute approximate surface area is 68.0 Å². The van der Waals surface area contributed by atoms with Crippen molar-refractivity contribution >= 4 is 0 Å². The van der Waals surface area contributed by atoms with Crippen LogP contribution in [-0.2, 0) is 0 Å². The normalized spacial score (nSPS) is 39.0. The van der Waals surface area contributed by atoms with Gasteiger partial charge in [-0.25, -0.2) is 0 Å². The molecule has 2 atom stereocenters. The van der Waals surface area contributed by atoms with Gasteiger partial charge in [-0.1, -0.05) is 12.8 Å². The Bertz CT molecular complexity index is 134. The predicted octanol–water partition coefficient (Wildman–Crippen LogP) is 1.04. The van der Waals surface area contributed by atoms with Crippen LogP contribution >= 0.6 is 0 Å². The van der Waals surface area contributed by atoms with Gasteiger partial charge in [0.2, 0.25) is 0 Å². The van der Waals surface area contributed by atoms with Crippen LogP contribution in [0.1, 0.15) is 38.5 Å². The van der Waals surface area contributed by atoms with E-state index in [4.69, 9.17) is 0 Å². The molecule has 2 heteroatoms. The summed E-state index contributed by atoms with van der Waals surface area (Å²) in [5.41, 5.74) is 0. The molecule has 0 unspecified atom stereocenters. The van der Waals surface area contributed by atoms with E-state index in [2.05, 4.69) is 5.32 Å². The minimum absolute atomic E-state index is 0.0654. The highest BCUT2D eigenvalue weighted by Crippen LogP contribution is 2.24. The molecule has 11 heavy (non-hydrogen) atoms. The van der Waals surface area contributed by atoms with Crippen molar-refractivity contribution in [1.29, 1.82) is 0 Å². The van der Waals surface area contributed by atoms with Crippen molar-refractivity contribution in [3.05, 3.63) is 0 Å². The lowest BCUT2D eigenvalue weighted by Crippen LogP contribution is -2.43. The lowest BCUT2D eigenvalue weighted by Gasteiger charge is -2.28. The maximum Gasteiger partial charge on any atom is 0.0693 e. The van der Waals surface area contributed by atoms with Crippen LogP contribution in [0, 0.1) is 0 Å². The van der Waals surface area contributed by atoms with Crippen LogP contribution in [0.5, 0.6) is 0 Å². The van der Waals surface area contributed by atoms with Gasteiger partial charge in [0, 0.05) is 12.1 Å².